The van der Waals surface area contributed by atoms with Crippen LogP contribution in [-0.4, -0.2) is 25.6 Å². The number of aromatic carboxylic acids is 1. The Balaban J connectivity index is 2.33. The van der Waals surface area contributed by atoms with Gasteiger partial charge in [-0.3, -0.25) is 4.40 Å². The third-order valence-electron chi connectivity index (χ3n) is 2.56. The van der Waals surface area contributed by atoms with E-state index in [0.717, 1.165) is 27.9 Å². The predicted molar refractivity (Wildman–Crippen MR) is 63.5 cm³/mol. The predicted octanol–water partition coefficient (Wildman–Crippen LogP) is 1.74. The third kappa shape index (κ3) is 1.49. The van der Waals surface area contributed by atoms with Crippen molar-refractivity contribution in [1.82, 2.24) is 9.38 Å². The molecule has 2 aromatic heterocycles. The minimum Gasteiger partial charge on any atom is -0.477 e. The molecule has 0 amide bonds. The summed E-state index contributed by atoms with van der Waals surface area (Å²) in [6.45, 7) is -0.0426. The number of thiazole rings is 1. The highest BCUT2D eigenvalue weighted by Gasteiger charge is 2.12. The molecule has 0 unspecified atom stereocenters. The summed E-state index contributed by atoms with van der Waals surface area (Å²) in [4.78, 5) is 16.1. The molecule has 0 radical (unpaired) electrons. The minimum absolute atomic E-state index is 0.0426. The number of benzene rings is 1. The molecular weight excluding hydrogens is 240 g/mol. The Morgan fingerprint density at radius 1 is 1.47 bits per heavy atom. The van der Waals surface area contributed by atoms with Gasteiger partial charge in [0.2, 0.25) is 0 Å². The Bertz CT molecular complexity index is 729. The van der Waals surface area contributed by atoms with Gasteiger partial charge in [-0.05, 0) is 17.7 Å². The summed E-state index contributed by atoms with van der Waals surface area (Å²) in [7, 11) is 0. The van der Waals surface area contributed by atoms with E-state index in [2.05, 4.69) is 4.98 Å². The van der Waals surface area contributed by atoms with Crippen LogP contribution in [0.1, 0.15) is 15.2 Å². The van der Waals surface area contributed by atoms with Crippen molar-refractivity contribution in [2.24, 2.45) is 0 Å². The fourth-order valence-electron chi connectivity index (χ4n) is 1.75. The molecule has 0 bridgehead atoms. The van der Waals surface area contributed by atoms with Crippen molar-refractivity contribution in [3.8, 4) is 0 Å². The molecule has 0 spiro atoms. The van der Waals surface area contributed by atoms with Gasteiger partial charge in [0.05, 0.1) is 17.6 Å². The standard InChI is InChI=1S/C11H8N2O3S/c14-5-6-1-2-7-8(3-6)13-4-9(10(15)16)17-11(13)12-7/h1-4,14H,5H2,(H,15,16). The average Bonchev–Trinajstić information content (AvgIpc) is 2.85. The van der Waals surface area contributed by atoms with E-state index in [1.807, 2.05) is 12.1 Å². The quantitative estimate of drug-likeness (QED) is 0.724. The monoisotopic (exact) mass is 248 g/mol. The average molecular weight is 248 g/mol. The zero-order valence-electron chi connectivity index (χ0n) is 8.62. The fraction of sp³-hybridized carbons (Fsp3) is 0.0909. The number of hydrogen-bond acceptors (Lipinski definition) is 4. The zero-order valence-corrected chi connectivity index (χ0v) is 9.44. The van der Waals surface area contributed by atoms with E-state index in [1.165, 1.54) is 0 Å². The highest BCUT2D eigenvalue weighted by molar-refractivity contribution is 7.18. The largest absolute Gasteiger partial charge is 0.477 e. The number of aromatic nitrogens is 2. The Morgan fingerprint density at radius 3 is 3.00 bits per heavy atom. The summed E-state index contributed by atoms with van der Waals surface area (Å²) in [6, 6.07) is 5.44. The third-order valence-corrected chi connectivity index (χ3v) is 3.53. The molecule has 0 aliphatic carbocycles. The Labute approximate surface area is 99.6 Å². The summed E-state index contributed by atoms with van der Waals surface area (Å²) in [6.07, 6.45) is 1.55. The SMILES string of the molecule is O=C(O)c1cn2c(nc3ccc(CO)cc32)s1. The lowest BCUT2D eigenvalue weighted by atomic mass is 10.2. The van der Waals surface area contributed by atoms with Crippen molar-refractivity contribution < 1.29 is 15.0 Å². The highest BCUT2D eigenvalue weighted by atomic mass is 32.1. The molecule has 0 aliphatic rings. The smallest absolute Gasteiger partial charge is 0.347 e. The van der Waals surface area contributed by atoms with Crippen LogP contribution in [0.3, 0.4) is 0 Å². The van der Waals surface area contributed by atoms with E-state index in [9.17, 15) is 4.79 Å². The second kappa shape index (κ2) is 3.54. The molecule has 86 valence electrons. The van der Waals surface area contributed by atoms with Gasteiger partial charge in [0.1, 0.15) is 4.88 Å². The van der Waals surface area contributed by atoms with Crippen LogP contribution in [0.5, 0.6) is 0 Å². The highest BCUT2D eigenvalue weighted by Crippen LogP contribution is 2.24. The van der Waals surface area contributed by atoms with Crippen LogP contribution in [0.4, 0.5) is 0 Å². The van der Waals surface area contributed by atoms with E-state index in [4.69, 9.17) is 10.2 Å². The first-order chi connectivity index (χ1) is 8.19. The second-order valence-electron chi connectivity index (χ2n) is 3.65. The maximum atomic E-state index is 10.9. The van der Waals surface area contributed by atoms with Gasteiger partial charge in [-0.25, -0.2) is 9.78 Å². The van der Waals surface area contributed by atoms with Gasteiger partial charge in [-0.2, -0.15) is 0 Å². The van der Waals surface area contributed by atoms with Gasteiger partial charge >= 0.3 is 5.97 Å². The molecule has 0 fully saturated rings. The molecule has 0 atom stereocenters. The zero-order chi connectivity index (χ0) is 12.0. The van der Waals surface area contributed by atoms with E-state index in [-0.39, 0.29) is 11.5 Å². The van der Waals surface area contributed by atoms with Crippen molar-refractivity contribution in [1.29, 1.82) is 0 Å². The molecule has 6 heteroatoms. The van der Waals surface area contributed by atoms with E-state index < -0.39 is 5.97 Å². The van der Waals surface area contributed by atoms with Crippen LogP contribution in [0.2, 0.25) is 0 Å². The first kappa shape index (κ1) is 10.2. The summed E-state index contributed by atoms with van der Waals surface area (Å²) in [5.41, 5.74) is 2.39. The van der Waals surface area contributed by atoms with Crippen LogP contribution in [-0.2, 0) is 6.61 Å². The van der Waals surface area contributed by atoms with Crippen LogP contribution < -0.4 is 0 Å². The van der Waals surface area contributed by atoms with Crippen molar-refractivity contribution >= 4 is 33.3 Å². The molecule has 0 saturated carbocycles. The summed E-state index contributed by atoms with van der Waals surface area (Å²) >= 11 is 1.13. The number of hydrogen-bond donors (Lipinski definition) is 2. The fourth-order valence-corrected chi connectivity index (χ4v) is 2.59. The number of nitrogens with zero attached hydrogens (tertiary/aromatic N) is 2. The molecule has 0 aliphatic heterocycles. The maximum absolute atomic E-state index is 10.9. The Morgan fingerprint density at radius 2 is 2.29 bits per heavy atom. The summed E-state index contributed by atoms with van der Waals surface area (Å²) in [5.74, 6) is -0.952. The number of carboxylic acids is 1. The number of carboxylic acid groups (broad SMARTS) is 1. The minimum atomic E-state index is -0.952. The topological polar surface area (TPSA) is 74.8 Å². The van der Waals surface area contributed by atoms with Gasteiger partial charge in [0, 0.05) is 6.20 Å². The first-order valence-corrected chi connectivity index (χ1v) is 5.75. The second-order valence-corrected chi connectivity index (χ2v) is 4.66. The number of imidazole rings is 1. The molecule has 3 aromatic rings. The molecular formula is C11H8N2O3S. The van der Waals surface area contributed by atoms with Crippen molar-refractivity contribution in [3.05, 3.63) is 34.8 Å². The lowest BCUT2D eigenvalue weighted by molar-refractivity contribution is 0.0702. The number of fused-ring (bicyclic) bond motifs is 3. The number of aliphatic hydroxyl groups excluding tert-OH is 1. The normalized spacial score (nSPS) is 11.4. The van der Waals surface area contributed by atoms with Crippen molar-refractivity contribution in [2.75, 3.05) is 0 Å². The van der Waals surface area contributed by atoms with Gasteiger partial charge in [-0.15, -0.1) is 0 Å². The van der Waals surface area contributed by atoms with E-state index in [0.29, 0.717) is 4.96 Å². The molecule has 3 rings (SSSR count). The van der Waals surface area contributed by atoms with Crippen molar-refractivity contribution in [3.63, 3.8) is 0 Å². The molecule has 0 saturated heterocycles. The number of aliphatic hydroxyl groups is 1. The summed E-state index contributed by atoms with van der Waals surface area (Å²) in [5, 5.41) is 18.0. The first-order valence-electron chi connectivity index (χ1n) is 4.94. The molecule has 17 heavy (non-hydrogen) atoms. The Hall–Kier alpha value is -1.92. The van der Waals surface area contributed by atoms with Crippen molar-refractivity contribution in [2.45, 2.75) is 6.61 Å². The van der Waals surface area contributed by atoms with Crippen LogP contribution in [0.25, 0.3) is 16.0 Å². The Kier molecular flexibility index (Phi) is 2.13. The molecule has 2 N–H and O–H groups in total. The summed E-state index contributed by atoms with van der Waals surface area (Å²) < 4.78 is 1.74. The lowest BCUT2D eigenvalue weighted by Gasteiger charge is -1.95. The molecule has 1 aromatic carbocycles. The van der Waals surface area contributed by atoms with Crippen LogP contribution >= 0.6 is 11.3 Å². The number of rotatable bonds is 2. The maximum Gasteiger partial charge on any atom is 0.347 e. The van der Waals surface area contributed by atoms with Gasteiger partial charge in [0.15, 0.2) is 4.96 Å². The van der Waals surface area contributed by atoms with E-state index >= 15 is 0 Å². The van der Waals surface area contributed by atoms with Crippen LogP contribution in [0, 0.1) is 0 Å². The van der Waals surface area contributed by atoms with Crippen LogP contribution in [0.15, 0.2) is 24.4 Å². The molecule has 5 nitrogen and oxygen atoms in total. The van der Waals surface area contributed by atoms with Gasteiger partial charge < -0.3 is 10.2 Å². The van der Waals surface area contributed by atoms with Gasteiger partial charge in [-0.1, -0.05) is 17.4 Å². The molecule has 2 heterocycles. The van der Waals surface area contributed by atoms with E-state index in [1.54, 1.807) is 16.7 Å². The number of carbonyl (C=O) groups is 1. The van der Waals surface area contributed by atoms with Gasteiger partial charge in [0.25, 0.3) is 0 Å². The lowest BCUT2D eigenvalue weighted by Crippen LogP contribution is -1.91.